The molecule has 0 saturated carbocycles. The highest BCUT2D eigenvalue weighted by Gasteiger charge is 2.14. The third-order valence-corrected chi connectivity index (χ3v) is 2.12. The summed E-state index contributed by atoms with van der Waals surface area (Å²) in [4.78, 5) is 4.18. The van der Waals surface area contributed by atoms with Gasteiger partial charge in [-0.1, -0.05) is 0 Å². The van der Waals surface area contributed by atoms with Gasteiger partial charge in [-0.3, -0.25) is 4.99 Å². The summed E-state index contributed by atoms with van der Waals surface area (Å²) in [5.74, 6) is 0.542. The number of rotatable bonds is 4. The highest BCUT2D eigenvalue weighted by atomic mass is 16.5. The van der Waals surface area contributed by atoms with E-state index in [-0.39, 0.29) is 0 Å². The predicted octanol–water partition coefficient (Wildman–Crippen LogP) is 0.480. The van der Waals surface area contributed by atoms with E-state index in [0.717, 1.165) is 26.1 Å². The maximum absolute atomic E-state index is 5.57. The third kappa shape index (κ3) is 4.12. The fourth-order valence-corrected chi connectivity index (χ4v) is 1.44. The van der Waals surface area contributed by atoms with Crippen LogP contribution in [0.5, 0.6) is 0 Å². The first-order valence-corrected chi connectivity index (χ1v) is 4.98. The maximum Gasteiger partial charge on any atom is 0.188 e. The molecule has 1 aliphatic rings. The van der Waals surface area contributed by atoms with Crippen LogP contribution in [-0.4, -0.2) is 31.8 Å². The molecule has 0 aromatic rings. The summed E-state index contributed by atoms with van der Waals surface area (Å²) >= 11 is 0. The standard InChI is InChI=1S/C9H19N3O/c1-2-11-9(10)12-6-5-8-4-3-7-13-8/h8H,2-7H2,1H3,(H3,10,11,12). The van der Waals surface area contributed by atoms with E-state index in [1.807, 2.05) is 6.92 Å². The van der Waals surface area contributed by atoms with Gasteiger partial charge in [-0.2, -0.15) is 0 Å². The average Bonchev–Trinajstić information content (AvgIpc) is 2.57. The van der Waals surface area contributed by atoms with Crippen LogP contribution in [-0.2, 0) is 4.74 Å². The van der Waals surface area contributed by atoms with Gasteiger partial charge in [0.15, 0.2) is 5.96 Å². The van der Waals surface area contributed by atoms with Crippen LogP contribution in [0.25, 0.3) is 0 Å². The summed E-state index contributed by atoms with van der Waals surface area (Å²) in [5.41, 5.74) is 5.57. The van der Waals surface area contributed by atoms with Gasteiger partial charge >= 0.3 is 0 Å². The quantitative estimate of drug-likeness (QED) is 0.494. The van der Waals surface area contributed by atoms with Gasteiger partial charge in [-0.15, -0.1) is 0 Å². The van der Waals surface area contributed by atoms with Crippen LogP contribution in [0.3, 0.4) is 0 Å². The Kier molecular flexibility index (Phi) is 4.60. The largest absolute Gasteiger partial charge is 0.378 e. The van der Waals surface area contributed by atoms with Gasteiger partial charge in [0.2, 0.25) is 0 Å². The molecule has 0 aromatic carbocycles. The number of hydrogen-bond donors (Lipinski definition) is 2. The summed E-state index contributed by atoms with van der Waals surface area (Å²) < 4.78 is 5.46. The molecular weight excluding hydrogens is 166 g/mol. The summed E-state index contributed by atoms with van der Waals surface area (Å²) in [6, 6.07) is 0. The average molecular weight is 185 g/mol. The molecule has 0 bridgehead atoms. The summed E-state index contributed by atoms with van der Waals surface area (Å²) in [6.07, 6.45) is 3.78. The van der Waals surface area contributed by atoms with Crippen molar-refractivity contribution in [2.75, 3.05) is 19.7 Å². The predicted molar refractivity (Wildman–Crippen MR) is 53.8 cm³/mol. The van der Waals surface area contributed by atoms with E-state index in [9.17, 15) is 0 Å². The molecule has 0 spiro atoms. The number of ether oxygens (including phenoxy) is 1. The molecule has 4 heteroatoms. The Morgan fingerprint density at radius 2 is 2.54 bits per heavy atom. The second kappa shape index (κ2) is 5.80. The van der Waals surface area contributed by atoms with Crippen molar-refractivity contribution < 1.29 is 4.74 Å². The second-order valence-electron chi connectivity index (χ2n) is 3.22. The molecule has 0 amide bonds. The topological polar surface area (TPSA) is 59.6 Å². The number of guanidine groups is 1. The smallest absolute Gasteiger partial charge is 0.188 e. The fourth-order valence-electron chi connectivity index (χ4n) is 1.44. The first-order chi connectivity index (χ1) is 6.33. The van der Waals surface area contributed by atoms with E-state index in [0.29, 0.717) is 12.1 Å². The van der Waals surface area contributed by atoms with Gasteiger partial charge in [0, 0.05) is 19.7 Å². The molecule has 1 aliphatic heterocycles. The zero-order chi connectivity index (χ0) is 9.52. The fraction of sp³-hybridized carbons (Fsp3) is 0.889. The Bertz CT molecular complexity index is 164. The van der Waals surface area contributed by atoms with Crippen LogP contribution in [0.2, 0.25) is 0 Å². The third-order valence-electron chi connectivity index (χ3n) is 2.12. The number of nitrogens with zero attached hydrogens (tertiary/aromatic N) is 1. The van der Waals surface area contributed by atoms with Crippen molar-refractivity contribution in [3.05, 3.63) is 0 Å². The van der Waals surface area contributed by atoms with Crippen molar-refractivity contribution in [3.8, 4) is 0 Å². The molecule has 13 heavy (non-hydrogen) atoms. The van der Waals surface area contributed by atoms with E-state index in [1.54, 1.807) is 0 Å². The van der Waals surface area contributed by atoms with Crippen molar-refractivity contribution >= 4 is 5.96 Å². The van der Waals surface area contributed by atoms with Crippen molar-refractivity contribution in [1.29, 1.82) is 0 Å². The lowest BCUT2D eigenvalue weighted by Gasteiger charge is -2.07. The second-order valence-corrected chi connectivity index (χ2v) is 3.22. The lowest BCUT2D eigenvalue weighted by atomic mass is 10.2. The van der Waals surface area contributed by atoms with E-state index in [4.69, 9.17) is 10.5 Å². The number of nitrogens with two attached hydrogens (primary N) is 1. The van der Waals surface area contributed by atoms with E-state index in [1.165, 1.54) is 12.8 Å². The summed E-state index contributed by atoms with van der Waals surface area (Å²) in [6.45, 7) is 4.51. The molecule has 1 unspecified atom stereocenters. The van der Waals surface area contributed by atoms with Crippen LogP contribution >= 0.6 is 0 Å². The van der Waals surface area contributed by atoms with Gasteiger partial charge in [0.05, 0.1) is 6.10 Å². The van der Waals surface area contributed by atoms with Crippen LogP contribution < -0.4 is 11.1 Å². The number of aliphatic imine (C=N–C) groups is 1. The Hall–Kier alpha value is -0.770. The van der Waals surface area contributed by atoms with Crippen LogP contribution in [0.1, 0.15) is 26.2 Å². The lowest BCUT2D eigenvalue weighted by molar-refractivity contribution is 0.106. The molecule has 1 atom stereocenters. The monoisotopic (exact) mass is 185 g/mol. The molecule has 1 rings (SSSR count). The van der Waals surface area contributed by atoms with Gasteiger partial charge < -0.3 is 15.8 Å². The molecule has 1 heterocycles. The van der Waals surface area contributed by atoms with E-state index in [2.05, 4.69) is 10.3 Å². The molecule has 76 valence electrons. The molecule has 3 N–H and O–H groups in total. The maximum atomic E-state index is 5.57. The normalized spacial score (nSPS) is 23.5. The van der Waals surface area contributed by atoms with Gasteiger partial charge in [0.1, 0.15) is 0 Å². The molecule has 0 aromatic heterocycles. The Labute approximate surface area is 79.6 Å². The first kappa shape index (κ1) is 10.3. The Morgan fingerprint density at radius 3 is 3.15 bits per heavy atom. The molecular formula is C9H19N3O. The lowest BCUT2D eigenvalue weighted by Crippen LogP contribution is -2.31. The number of hydrogen-bond acceptors (Lipinski definition) is 2. The SMILES string of the molecule is CCNC(N)=NCCC1CCCO1. The van der Waals surface area contributed by atoms with Crippen molar-refractivity contribution in [2.24, 2.45) is 10.7 Å². The van der Waals surface area contributed by atoms with Crippen molar-refractivity contribution in [1.82, 2.24) is 5.32 Å². The molecule has 0 radical (unpaired) electrons. The zero-order valence-corrected chi connectivity index (χ0v) is 8.25. The Morgan fingerprint density at radius 1 is 1.69 bits per heavy atom. The minimum Gasteiger partial charge on any atom is -0.378 e. The zero-order valence-electron chi connectivity index (χ0n) is 8.25. The van der Waals surface area contributed by atoms with E-state index >= 15 is 0 Å². The highest BCUT2D eigenvalue weighted by Crippen LogP contribution is 2.14. The molecule has 0 aliphatic carbocycles. The van der Waals surface area contributed by atoms with Gasteiger partial charge in [0.25, 0.3) is 0 Å². The molecule has 1 saturated heterocycles. The van der Waals surface area contributed by atoms with Crippen LogP contribution in [0.4, 0.5) is 0 Å². The van der Waals surface area contributed by atoms with Gasteiger partial charge in [-0.25, -0.2) is 0 Å². The van der Waals surface area contributed by atoms with Crippen molar-refractivity contribution in [3.63, 3.8) is 0 Å². The van der Waals surface area contributed by atoms with Crippen LogP contribution in [0.15, 0.2) is 4.99 Å². The van der Waals surface area contributed by atoms with Crippen molar-refractivity contribution in [2.45, 2.75) is 32.3 Å². The molecule has 1 fully saturated rings. The summed E-state index contributed by atoms with van der Waals surface area (Å²) in [7, 11) is 0. The minimum atomic E-state index is 0.415. The summed E-state index contributed by atoms with van der Waals surface area (Å²) in [5, 5.41) is 2.96. The number of nitrogens with one attached hydrogen (secondary N) is 1. The first-order valence-electron chi connectivity index (χ1n) is 4.98. The minimum absolute atomic E-state index is 0.415. The van der Waals surface area contributed by atoms with Gasteiger partial charge in [-0.05, 0) is 26.2 Å². The highest BCUT2D eigenvalue weighted by molar-refractivity contribution is 5.77. The molecule has 4 nitrogen and oxygen atoms in total. The Balaban J connectivity index is 2.07. The van der Waals surface area contributed by atoms with E-state index < -0.39 is 0 Å². The van der Waals surface area contributed by atoms with Crippen LogP contribution in [0, 0.1) is 0 Å².